The molecule has 0 saturated heterocycles. The molecule has 0 N–H and O–H groups in total. The molecule has 0 aliphatic heterocycles. The molecular formula is C17H14BrNO2S2. The number of halogens is 1. The summed E-state index contributed by atoms with van der Waals surface area (Å²) in [6.45, 7) is 1.04. The van der Waals surface area contributed by atoms with E-state index in [0.29, 0.717) is 13.1 Å². The van der Waals surface area contributed by atoms with E-state index in [0.717, 1.165) is 19.3 Å². The van der Waals surface area contributed by atoms with Crippen molar-refractivity contribution in [2.24, 2.45) is 0 Å². The van der Waals surface area contributed by atoms with E-state index in [1.165, 1.54) is 0 Å². The maximum atomic E-state index is 12.6. The van der Waals surface area contributed by atoms with Crippen LogP contribution in [0.2, 0.25) is 0 Å². The molecule has 1 amide bonds. The van der Waals surface area contributed by atoms with Crippen molar-refractivity contribution >= 4 is 50.6 Å². The number of carbonyl (C=O) groups is 1. The predicted molar refractivity (Wildman–Crippen MR) is 98.3 cm³/mol. The molecule has 0 bridgehead atoms. The standard InChI is InChI=1S/C17H14BrNO2S2/c18-16-7-5-14(23-16)6-8-17(20)19(11-13-3-1-9-21-13)12-15-4-2-10-22-15/h1-10H,11-12H2/b8-6+. The van der Waals surface area contributed by atoms with Crippen LogP contribution in [0.15, 0.2) is 62.3 Å². The van der Waals surface area contributed by atoms with E-state index in [2.05, 4.69) is 15.9 Å². The lowest BCUT2D eigenvalue weighted by Gasteiger charge is -2.19. The predicted octanol–water partition coefficient (Wildman–Crippen LogP) is 5.41. The molecule has 3 aromatic rings. The first kappa shape index (κ1) is 16.2. The van der Waals surface area contributed by atoms with Gasteiger partial charge in [0, 0.05) is 15.8 Å². The molecule has 0 spiro atoms. The van der Waals surface area contributed by atoms with Crippen molar-refractivity contribution < 1.29 is 9.21 Å². The van der Waals surface area contributed by atoms with Gasteiger partial charge in [-0.25, -0.2) is 0 Å². The molecule has 0 atom stereocenters. The summed E-state index contributed by atoms with van der Waals surface area (Å²) in [5.74, 6) is 0.751. The van der Waals surface area contributed by atoms with Crippen molar-refractivity contribution in [3.8, 4) is 0 Å². The van der Waals surface area contributed by atoms with E-state index in [1.807, 2.05) is 47.9 Å². The average molecular weight is 408 g/mol. The van der Waals surface area contributed by atoms with E-state index in [-0.39, 0.29) is 5.91 Å². The average Bonchev–Trinajstić information content (AvgIpc) is 3.27. The van der Waals surface area contributed by atoms with Crippen molar-refractivity contribution in [2.45, 2.75) is 13.1 Å². The number of nitrogens with zero attached hydrogens (tertiary/aromatic N) is 1. The minimum absolute atomic E-state index is 0.0284. The summed E-state index contributed by atoms with van der Waals surface area (Å²) in [6, 6.07) is 11.7. The molecule has 0 unspecified atom stereocenters. The lowest BCUT2D eigenvalue weighted by molar-refractivity contribution is -0.127. The highest BCUT2D eigenvalue weighted by atomic mass is 79.9. The van der Waals surface area contributed by atoms with Crippen LogP contribution in [0.4, 0.5) is 0 Å². The Labute approximate surface area is 151 Å². The number of furan rings is 1. The smallest absolute Gasteiger partial charge is 0.247 e. The Morgan fingerprint density at radius 2 is 2.13 bits per heavy atom. The summed E-state index contributed by atoms with van der Waals surface area (Å²) in [5, 5.41) is 2.02. The van der Waals surface area contributed by atoms with Gasteiger partial charge < -0.3 is 9.32 Å². The van der Waals surface area contributed by atoms with Crippen molar-refractivity contribution in [3.05, 3.63) is 73.4 Å². The van der Waals surface area contributed by atoms with Gasteiger partial charge in [-0.1, -0.05) is 6.07 Å². The van der Waals surface area contributed by atoms with Gasteiger partial charge in [-0.15, -0.1) is 22.7 Å². The minimum Gasteiger partial charge on any atom is -0.467 e. The Kier molecular flexibility index (Phi) is 5.48. The van der Waals surface area contributed by atoms with Gasteiger partial charge in [0.15, 0.2) is 0 Å². The first-order chi connectivity index (χ1) is 11.2. The molecular weight excluding hydrogens is 394 g/mol. The SMILES string of the molecule is O=C(/C=C/c1ccc(Br)s1)N(Cc1ccco1)Cc1cccs1. The van der Waals surface area contributed by atoms with E-state index < -0.39 is 0 Å². The Balaban J connectivity index is 1.73. The Hall–Kier alpha value is -1.63. The fraction of sp³-hybridized carbons (Fsp3) is 0.118. The van der Waals surface area contributed by atoms with Crippen LogP contribution in [0, 0.1) is 0 Å². The maximum absolute atomic E-state index is 12.6. The summed E-state index contributed by atoms with van der Waals surface area (Å²) < 4.78 is 6.43. The zero-order chi connectivity index (χ0) is 16.1. The zero-order valence-electron chi connectivity index (χ0n) is 12.1. The van der Waals surface area contributed by atoms with Crippen molar-refractivity contribution in [1.29, 1.82) is 0 Å². The number of hydrogen-bond donors (Lipinski definition) is 0. The van der Waals surface area contributed by atoms with Crippen molar-refractivity contribution in [3.63, 3.8) is 0 Å². The van der Waals surface area contributed by atoms with Gasteiger partial charge in [-0.05, 0) is 57.7 Å². The lowest BCUT2D eigenvalue weighted by Crippen LogP contribution is -2.27. The third-order valence-electron chi connectivity index (χ3n) is 3.15. The molecule has 0 aliphatic rings. The second kappa shape index (κ2) is 7.77. The number of amides is 1. The van der Waals surface area contributed by atoms with Gasteiger partial charge in [0.2, 0.25) is 5.91 Å². The van der Waals surface area contributed by atoms with Gasteiger partial charge in [-0.2, -0.15) is 0 Å². The first-order valence-corrected chi connectivity index (χ1v) is 9.47. The Bertz CT molecular complexity index is 739. The highest BCUT2D eigenvalue weighted by molar-refractivity contribution is 9.11. The number of carbonyl (C=O) groups excluding carboxylic acids is 1. The largest absolute Gasteiger partial charge is 0.467 e. The van der Waals surface area contributed by atoms with Crippen LogP contribution in [0.25, 0.3) is 6.08 Å². The van der Waals surface area contributed by atoms with Crippen molar-refractivity contribution in [2.75, 3.05) is 0 Å². The molecule has 0 saturated carbocycles. The molecule has 6 heteroatoms. The molecule has 0 fully saturated rings. The van der Waals surface area contributed by atoms with Crippen LogP contribution in [0.5, 0.6) is 0 Å². The number of thiophene rings is 2. The molecule has 118 valence electrons. The monoisotopic (exact) mass is 407 g/mol. The van der Waals surface area contributed by atoms with Gasteiger partial charge in [0.1, 0.15) is 5.76 Å². The molecule has 0 aliphatic carbocycles. The lowest BCUT2D eigenvalue weighted by atomic mass is 10.3. The summed E-state index contributed by atoms with van der Waals surface area (Å²) in [7, 11) is 0. The fourth-order valence-corrected chi connectivity index (χ4v) is 4.12. The molecule has 0 aromatic carbocycles. The van der Waals surface area contributed by atoms with E-state index in [9.17, 15) is 4.79 Å². The highest BCUT2D eigenvalue weighted by Gasteiger charge is 2.14. The quantitative estimate of drug-likeness (QED) is 0.511. The molecule has 3 aromatic heterocycles. The third-order valence-corrected chi connectivity index (χ3v) is 5.60. The zero-order valence-corrected chi connectivity index (χ0v) is 15.4. The summed E-state index contributed by atoms with van der Waals surface area (Å²) in [5.41, 5.74) is 0. The van der Waals surface area contributed by atoms with Crippen LogP contribution in [0.1, 0.15) is 15.5 Å². The minimum atomic E-state index is -0.0284. The Morgan fingerprint density at radius 1 is 1.22 bits per heavy atom. The van der Waals surface area contributed by atoms with Crippen LogP contribution < -0.4 is 0 Å². The molecule has 3 nitrogen and oxygen atoms in total. The van der Waals surface area contributed by atoms with Crippen molar-refractivity contribution in [1.82, 2.24) is 4.90 Å². The molecule has 3 heterocycles. The highest BCUT2D eigenvalue weighted by Crippen LogP contribution is 2.23. The van der Waals surface area contributed by atoms with Gasteiger partial charge in [0.05, 0.1) is 23.1 Å². The fourth-order valence-electron chi connectivity index (χ4n) is 2.07. The number of hydrogen-bond acceptors (Lipinski definition) is 4. The van der Waals surface area contributed by atoms with E-state index in [1.54, 1.807) is 39.9 Å². The second-order valence-electron chi connectivity index (χ2n) is 4.83. The van der Waals surface area contributed by atoms with E-state index in [4.69, 9.17) is 4.42 Å². The normalized spacial score (nSPS) is 11.2. The maximum Gasteiger partial charge on any atom is 0.247 e. The Morgan fingerprint density at radius 3 is 2.78 bits per heavy atom. The topological polar surface area (TPSA) is 33.5 Å². The summed E-state index contributed by atoms with van der Waals surface area (Å²) in [4.78, 5) is 16.5. The number of rotatable bonds is 6. The third kappa shape index (κ3) is 4.67. The van der Waals surface area contributed by atoms with Crippen LogP contribution >= 0.6 is 38.6 Å². The van der Waals surface area contributed by atoms with Crippen LogP contribution in [0.3, 0.4) is 0 Å². The van der Waals surface area contributed by atoms with Gasteiger partial charge >= 0.3 is 0 Å². The molecule has 3 rings (SSSR count). The second-order valence-corrected chi connectivity index (χ2v) is 8.36. The van der Waals surface area contributed by atoms with Crippen LogP contribution in [-0.4, -0.2) is 10.8 Å². The molecule has 23 heavy (non-hydrogen) atoms. The van der Waals surface area contributed by atoms with Gasteiger partial charge in [0.25, 0.3) is 0 Å². The van der Waals surface area contributed by atoms with Gasteiger partial charge in [-0.3, -0.25) is 4.79 Å². The summed E-state index contributed by atoms with van der Waals surface area (Å²) >= 11 is 6.67. The first-order valence-electron chi connectivity index (χ1n) is 6.98. The molecule has 0 radical (unpaired) electrons. The van der Waals surface area contributed by atoms with Crippen LogP contribution in [-0.2, 0) is 17.9 Å². The van der Waals surface area contributed by atoms with E-state index >= 15 is 0 Å². The summed E-state index contributed by atoms with van der Waals surface area (Å²) in [6.07, 6.45) is 5.10.